The Kier molecular flexibility index (Phi) is 3.81. The van der Waals surface area contributed by atoms with Crippen molar-refractivity contribution in [2.45, 2.75) is 32.7 Å². The second kappa shape index (κ2) is 5.19. The van der Waals surface area contributed by atoms with Gasteiger partial charge in [0.1, 0.15) is 5.75 Å². The van der Waals surface area contributed by atoms with Crippen molar-refractivity contribution >= 4 is 5.69 Å². The summed E-state index contributed by atoms with van der Waals surface area (Å²) in [7, 11) is 3.89. The molecule has 0 unspecified atom stereocenters. The van der Waals surface area contributed by atoms with E-state index in [-0.39, 0.29) is 0 Å². The van der Waals surface area contributed by atoms with E-state index in [2.05, 4.69) is 37.9 Å². The normalized spacial score (nSPS) is 22.5. The Balaban J connectivity index is 2.10. The number of nitrogens with zero attached hydrogens (tertiary/aromatic N) is 1. The molecule has 1 aliphatic carbocycles. The average Bonchev–Trinajstić information content (AvgIpc) is 2.30. The first-order chi connectivity index (χ1) is 8.52. The summed E-state index contributed by atoms with van der Waals surface area (Å²) < 4.78 is 5.35. The van der Waals surface area contributed by atoms with Crippen molar-refractivity contribution in [2.24, 2.45) is 11.7 Å². The van der Waals surface area contributed by atoms with Crippen molar-refractivity contribution in [3.05, 3.63) is 23.3 Å². The topological polar surface area (TPSA) is 38.5 Å². The Morgan fingerprint density at radius 3 is 2.50 bits per heavy atom. The van der Waals surface area contributed by atoms with E-state index in [9.17, 15) is 0 Å². The fraction of sp³-hybridized carbons (Fsp3) is 0.600. The third-order valence-corrected chi connectivity index (χ3v) is 4.14. The van der Waals surface area contributed by atoms with Crippen molar-refractivity contribution in [1.82, 2.24) is 0 Å². The molecule has 1 fully saturated rings. The van der Waals surface area contributed by atoms with Crippen molar-refractivity contribution in [2.75, 3.05) is 25.6 Å². The molecule has 1 saturated carbocycles. The molecule has 0 radical (unpaired) electrons. The van der Waals surface area contributed by atoms with Crippen LogP contribution in [-0.4, -0.2) is 26.7 Å². The molecule has 18 heavy (non-hydrogen) atoms. The number of benzene rings is 1. The number of methoxy groups -OCH3 is 1. The molecule has 0 amide bonds. The quantitative estimate of drug-likeness (QED) is 0.889. The van der Waals surface area contributed by atoms with Gasteiger partial charge in [-0.25, -0.2) is 0 Å². The molecular formula is C15H24N2O. The smallest absolute Gasteiger partial charge is 0.122 e. The summed E-state index contributed by atoms with van der Waals surface area (Å²) >= 11 is 0. The lowest BCUT2D eigenvalue weighted by Crippen LogP contribution is -2.42. The van der Waals surface area contributed by atoms with E-state index in [0.717, 1.165) is 18.2 Å². The zero-order valence-corrected chi connectivity index (χ0v) is 11.9. The van der Waals surface area contributed by atoms with Gasteiger partial charge in [0, 0.05) is 25.3 Å². The van der Waals surface area contributed by atoms with Crippen LogP contribution < -0.4 is 15.4 Å². The van der Waals surface area contributed by atoms with Crippen LogP contribution in [0.2, 0.25) is 0 Å². The van der Waals surface area contributed by atoms with Gasteiger partial charge in [-0.2, -0.15) is 0 Å². The number of ether oxygens (including phenoxy) is 1. The summed E-state index contributed by atoms with van der Waals surface area (Å²) in [5.74, 6) is 1.72. The second-order valence-corrected chi connectivity index (χ2v) is 5.51. The van der Waals surface area contributed by atoms with E-state index in [1.54, 1.807) is 7.11 Å². The van der Waals surface area contributed by atoms with E-state index in [1.807, 2.05) is 0 Å². The van der Waals surface area contributed by atoms with Crippen LogP contribution in [0.25, 0.3) is 0 Å². The molecule has 1 aromatic carbocycles. The minimum Gasteiger partial charge on any atom is -0.496 e. The third kappa shape index (κ3) is 2.46. The van der Waals surface area contributed by atoms with Gasteiger partial charge in [0.05, 0.1) is 7.11 Å². The van der Waals surface area contributed by atoms with Gasteiger partial charge in [-0.15, -0.1) is 0 Å². The van der Waals surface area contributed by atoms with E-state index in [4.69, 9.17) is 10.5 Å². The van der Waals surface area contributed by atoms with Gasteiger partial charge < -0.3 is 15.4 Å². The number of hydrogen-bond acceptors (Lipinski definition) is 3. The van der Waals surface area contributed by atoms with Crippen molar-refractivity contribution in [3.63, 3.8) is 0 Å². The SMILES string of the molecule is COc1ccc(N(C)CC2CC(N)C2)c(C)c1C. The van der Waals surface area contributed by atoms with Gasteiger partial charge in [-0.1, -0.05) is 0 Å². The van der Waals surface area contributed by atoms with Crippen LogP contribution in [0, 0.1) is 19.8 Å². The van der Waals surface area contributed by atoms with Gasteiger partial charge in [0.15, 0.2) is 0 Å². The molecule has 0 bridgehead atoms. The molecule has 0 spiro atoms. The van der Waals surface area contributed by atoms with Gasteiger partial charge in [0.25, 0.3) is 0 Å². The fourth-order valence-corrected chi connectivity index (χ4v) is 2.84. The zero-order chi connectivity index (χ0) is 13.3. The van der Waals surface area contributed by atoms with Crippen LogP contribution >= 0.6 is 0 Å². The lowest BCUT2D eigenvalue weighted by Gasteiger charge is -2.36. The van der Waals surface area contributed by atoms with Gasteiger partial charge in [0.2, 0.25) is 0 Å². The highest BCUT2D eigenvalue weighted by Crippen LogP contribution is 2.32. The summed E-state index contributed by atoms with van der Waals surface area (Å²) in [6, 6.07) is 4.64. The van der Waals surface area contributed by atoms with Crippen LogP contribution in [0.5, 0.6) is 5.75 Å². The van der Waals surface area contributed by atoms with E-state index < -0.39 is 0 Å². The minimum atomic E-state index is 0.433. The Hall–Kier alpha value is -1.22. The average molecular weight is 248 g/mol. The summed E-state index contributed by atoms with van der Waals surface area (Å²) in [5.41, 5.74) is 9.67. The summed E-state index contributed by atoms with van der Waals surface area (Å²) in [6.45, 7) is 5.38. The van der Waals surface area contributed by atoms with Crippen molar-refractivity contribution < 1.29 is 4.74 Å². The summed E-state index contributed by atoms with van der Waals surface area (Å²) in [4.78, 5) is 2.35. The number of hydrogen-bond donors (Lipinski definition) is 1. The molecule has 3 heteroatoms. The number of anilines is 1. The first-order valence-corrected chi connectivity index (χ1v) is 6.63. The number of rotatable bonds is 4. The Morgan fingerprint density at radius 1 is 1.28 bits per heavy atom. The first kappa shape index (κ1) is 13.2. The Labute approximate surface area is 110 Å². The van der Waals surface area contributed by atoms with E-state index in [0.29, 0.717) is 6.04 Å². The van der Waals surface area contributed by atoms with Crippen molar-refractivity contribution in [1.29, 1.82) is 0 Å². The predicted molar refractivity (Wildman–Crippen MR) is 76.4 cm³/mol. The molecule has 3 nitrogen and oxygen atoms in total. The lowest BCUT2D eigenvalue weighted by molar-refractivity contribution is 0.271. The van der Waals surface area contributed by atoms with Gasteiger partial charge >= 0.3 is 0 Å². The highest BCUT2D eigenvalue weighted by molar-refractivity contribution is 5.59. The zero-order valence-electron chi connectivity index (χ0n) is 11.9. The second-order valence-electron chi connectivity index (χ2n) is 5.51. The Morgan fingerprint density at radius 2 is 1.94 bits per heavy atom. The third-order valence-electron chi connectivity index (χ3n) is 4.14. The maximum Gasteiger partial charge on any atom is 0.122 e. The van der Waals surface area contributed by atoms with Crippen LogP contribution in [0.15, 0.2) is 12.1 Å². The molecule has 2 rings (SSSR count). The van der Waals surface area contributed by atoms with Crippen LogP contribution in [-0.2, 0) is 0 Å². The summed E-state index contributed by atoms with van der Waals surface area (Å²) in [5, 5.41) is 0. The van der Waals surface area contributed by atoms with E-state index >= 15 is 0 Å². The molecule has 100 valence electrons. The monoisotopic (exact) mass is 248 g/mol. The molecule has 0 atom stereocenters. The largest absolute Gasteiger partial charge is 0.496 e. The molecule has 1 aromatic rings. The first-order valence-electron chi connectivity index (χ1n) is 6.63. The molecule has 0 aromatic heterocycles. The standard InChI is InChI=1S/C15H24N2O/c1-10-11(2)15(18-4)6-5-14(10)17(3)9-12-7-13(16)8-12/h5-6,12-13H,7-9,16H2,1-4H3. The minimum absolute atomic E-state index is 0.433. The van der Waals surface area contributed by atoms with Crippen molar-refractivity contribution in [3.8, 4) is 5.75 Å². The summed E-state index contributed by atoms with van der Waals surface area (Å²) in [6.07, 6.45) is 2.33. The maximum atomic E-state index is 5.84. The molecule has 2 N–H and O–H groups in total. The molecule has 1 aliphatic rings. The van der Waals surface area contributed by atoms with E-state index in [1.165, 1.54) is 29.7 Å². The van der Waals surface area contributed by atoms with Crippen LogP contribution in [0.3, 0.4) is 0 Å². The van der Waals surface area contributed by atoms with Gasteiger partial charge in [-0.05, 0) is 55.9 Å². The van der Waals surface area contributed by atoms with Crippen LogP contribution in [0.1, 0.15) is 24.0 Å². The van der Waals surface area contributed by atoms with Gasteiger partial charge in [-0.3, -0.25) is 0 Å². The fourth-order valence-electron chi connectivity index (χ4n) is 2.84. The Bertz CT molecular complexity index is 425. The maximum absolute atomic E-state index is 5.84. The highest BCUT2D eigenvalue weighted by atomic mass is 16.5. The molecule has 0 saturated heterocycles. The highest BCUT2D eigenvalue weighted by Gasteiger charge is 2.27. The number of nitrogens with two attached hydrogens (primary N) is 1. The molecular weight excluding hydrogens is 224 g/mol. The molecule has 0 heterocycles. The lowest BCUT2D eigenvalue weighted by atomic mass is 9.80. The van der Waals surface area contributed by atoms with Crippen LogP contribution in [0.4, 0.5) is 5.69 Å². The predicted octanol–water partition coefficient (Wildman–Crippen LogP) is 2.49. The molecule has 0 aliphatic heterocycles.